The molecule has 0 saturated carbocycles. The molecule has 6 aromatic heterocycles. The third-order valence-corrected chi connectivity index (χ3v) is 13.4. The number of rotatable bonds is 7. The van der Waals surface area contributed by atoms with Crippen molar-refractivity contribution in [1.82, 2.24) is 38.6 Å². The van der Waals surface area contributed by atoms with Gasteiger partial charge in [0.1, 0.15) is 0 Å². The van der Waals surface area contributed by atoms with Crippen LogP contribution in [0, 0.1) is 0 Å². The lowest BCUT2D eigenvalue weighted by Gasteiger charge is -2.12. The molecule has 8 heteroatoms. The van der Waals surface area contributed by atoms with Gasteiger partial charge in [-0.25, -0.2) is 19.9 Å². The van der Waals surface area contributed by atoms with Crippen molar-refractivity contribution in [3.05, 3.63) is 231 Å². The Morgan fingerprint density at radius 1 is 0.290 bits per heavy atom. The lowest BCUT2D eigenvalue weighted by Crippen LogP contribution is -2.04. The highest BCUT2D eigenvalue weighted by atomic mass is 15.2. The molecule has 14 rings (SSSR count). The molecule has 8 nitrogen and oxygen atoms in total. The van der Waals surface area contributed by atoms with E-state index in [2.05, 4.69) is 189 Å². The molecule has 0 atom stereocenters. The first-order valence-electron chi connectivity index (χ1n) is 23.1. The smallest absolute Gasteiger partial charge is 0.235 e. The minimum Gasteiger partial charge on any atom is -0.309 e. The van der Waals surface area contributed by atoms with Crippen LogP contribution >= 0.6 is 0 Å². The average molecular weight is 883 g/mol. The molecule has 0 aliphatic heterocycles. The third-order valence-electron chi connectivity index (χ3n) is 13.4. The van der Waals surface area contributed by atoms with E-state index in [1.807, 2.05) is 61.1 Å². The quantitative estimate of drug-likeness (QED) is 0.159. The SMILES string of the molecule is c1ccc(-c2cc(-c3ccccc3)nc(-n3c4ccccc4c4cc(-c5nccc(-c6ccc7c(c6)c6ccccc6n7-c6ccc7c(c6)c6ccncc6n7-c6ccccc6)n5)ccc43)n2)cc1. The fraction of sp³-hybridized carbons (Fsp3) is 0. The Hall–Kier alpha value is -9.53. The van der Waals surface area contributed by atoms with Crippen molar-refractivity contribution < 1.29 is 0 Å². The first kappa shape index (κ1) is 38.7. The molecule has 322 valence electrons. The zero-order valence-electron chi connectivity index (χ0n) is 37.0. The summed E-state index contributed by atoms with van der Waals surface area (Å²) in [7, 11) is 0. The van der Waals surface area contributed by atoms with Crippen molar-refractivity contribution in [2.24, 2.45) is 0 Å². The standard InChI is InChI=1S/C61H38N8/c1-4-14-39(15-5-1)52-37-53(40-16-6-2-7-17-40)66-61(65-52)69-55-23-13-11-21-46(55)49-35-42(25-28-58(49)69)60-63-33-31-51(64-60)41-24-27-56-48(34-41)45-20-10-12-22-54(45)68(56)44-26-29-57-50(36-44)47-30-32-62-38-59(47)67(57)43-18-8-3-9-19-43/h1-38H. The Morgan fingerprint density at radius 2 is 0.812 bits per heavy atom. The maximum atomic E-state index is 5.24. The van der Waals surface area contributed by atoms with Crippen molar-refractivity contribution in [1.29, 1.82) is 0 Å². The number of para-hydroxylation sites is 3. The summed E-state index contributed by atoms with van der Waals surface area (Å²) >= 11 is 0. The topological polar surface area (TPSA) is 79.2 Å². The first-order chi connectivity index (χ1) is 34.2. The van der Waals surface area contributed by atoms with Crippen LogP contribution in [0.4, 0.5) is 0 Å². The fourth-order valence-corrected chi connectivity index (χ4v) is 10.3. The van der Waals surface area contributed by atoms with Gasteiger partial charge in [0.2, 0.25) is 5.95 Å². The highest BCUT2D eigenvalue weighted by Crippen LogP contribution is 2.39. The van der Waals surface area contributed by atoms with Gasteiger partial charge in [0, 0.05) is 78.3 Å². The zero-order valence-corrected chi connectivity index (χ0v) is 37.0. The highest BCUT2D eigenvalue weighted by molar-refractivity contribution is 6.13. The van der Waals surface area contributed by atoms with E-state index < -0.39 is 0 Å². The van der Waals surface area contributed by atoms with Crippen LogP contribution in [-0.4, -0.2) is 38.6 Å². The monoisotopic (exact) mass is 882 g/mol. The van der Waals surface area contributed by atoms with Crippen molar-refractivity contribution >= 4 is 65.4 Å². The normalized spacial score (nSPS) is 11.8. The van der Waals surface area contributed by atoms with Gasteiger partial charge in [0.05, 0.1) is 56.4 Å². The summed E-state index contributed by atoms with van der Waals surface area (Å²) in [6.07, 6.45) is 5.71. The molecule has 0 saturated heterocycles. The van der Waals surface area contributed by atoms with Gasteiger partial charge in [-0.2, -0.15) is 0 Å². The lowest BCUT2D eigenvalue weighted by molar-refractivity contribution is 0.995. The van der Waals surface area contributed by atoms with Crippen LogP contribution in [0.15, 0.2) is 231 Å². The largest absolute Gasteiger partial charge is 0.309 e. The predicted molar refractivity (Wildman–Crippen MR) is 280 cm³/mol. The van der Waals surface area contributed by atoms with Crippen molar-refractivity contribution in [2.45, 2.75) is 0 Å². The Morgan fingerprint density at radius 3 is 1.51 bits per heavy atom. The molecule has 0 unspecified atom stereocenters. The van der Waals surface area contributed by atoms with E-state index in [0.29, 0.717) is 11.8 Å². The number of hydrogen-bond acceptors (Lipinski definition) is 5. The Balaban J connectivity index is 0.871. The molecule has 6 heterocycles. The molecule has 14 aromatic rings. The number of fused-ring (bicyclic) bond motifs is 9. The van der Waals surface area contributed by atoms with Gasteiger partial charge in [-0.15, -0.1) is 0 Å². The third kappa shape index (κ3) is 6.27. The zero-order chi connectivity index (χ0) is 45.4. The van der Waals surface area contributed by atoms with Crippen LogP contribution in [-0.2, 0) is 0 Å². The minimum absolute atomic E-state index is 0.609. The summed E-state index contributed by atoms with van der Waals surface area (Å²) in [5.74, 6) is 1.26. The van der Waals surface area contributed by atoms with Crippen molar-refractivity contribution in [3.8, 4) is 62.5 Å². The van der Waals surface area contributed by atoms with Gasteiger partial charge in [-0.05, 0) is 91.0 Å². The van der Waals surface area contributed by atoms with Gasteiger partial charge in [-0.3, -0.25) is 9.55 Å². The molecular weight excluding hydrogens is 845 g/mol. The van der Waals surface area contributed by atoms with Crippen LogP contribution in [0.25, 0.3) is 128 Å². The van der Waals surface area contributed by atoms with Crippen molar-refractivity contribution in [3.63, 3.8) is 0 Å². The molecular formula is C61H38N8. The molecule has 0 aliphatic carbocycles. The summed E-state index contributed by atoms with van der Waals surface area (Å²) in [5, 5.41) is 6.84. The second-order valence-electron chi connectivity index (χ2n) is 17.4. The Labute approximate surface area is 395 Å². The van der Waals surface area contributed by atoms with Gasteiger partial charge in [0.15, 0.2) is 5.82 Å². The molecule has 0 fully saturated rings. The summed E-state index contributed by atoms with van der Waals surface area (Å²) in [4.78, 5) is 25.0. The number of aromatic nitrogens is 8. The van der Waals surface area contributed by atoms with Crippen LogP contribution in [0.2, 0.25) is 0 Å². The molecule has 69 heavy (non-hydrogen) atoms. The molecule has 0 spiro atoms. The molecule has 0 aliphatic rings. The molecule has 8 aromatic carbocycles. The molecule has 0 bridgehead atoms. The highest BCUT2D eigenvalue weighted by Gasteiger charge is 2.20. The van der Waals surface area contributed by atoms with Crippen LogP contribution in [0.3, 0.4) is 0 Å². The number of nitrogens with zero attached hydrogens (tertiary/aromatic N) is 8. The van der Waals surface area contributed by atoms with Crippen molar-refractivity contribution in [2.75, 3.05) is 0 Å². The number of hydrogen-bond donors (Lipinski definition) is 0. The lowest BCUT2D eigenvalue weighted by atomic mass is 10.1. The molecule has 0 N–H and O–H groups in total. The van der Waals surface area contributed by atoms with E-state index in [-0.39, 0.29) is 0 Å². The second kappa shape index (κ2) is 15.5. The molecule has 0 radical (unpaired) electrons. The van der Waals surface area contributed by atoms with E-state index >= 15 is 0 Å². The number of benzene rings is 8. The van der Waals surface area contributed by atoms with Crippen LogP contribution in [0.1, 0.15) is 0 Å². The minimum atomic E-state index is 0.609. The predicted octanol–water partition coefficient (Wildman–Crippen LogP) is 14.6. The maximum Gasteiger partial charge on any atom is 0.235 e. The first-order valence-corrected chi connectivity index (χ1v) is 23.1. The second-order valence-corrected chi connectivity index (χ2v) is 17.4. The van der Waals surface area contributed by atoms with Gasteiger partial charge in [-0.1, -0.05) is 121 Å². The van der Waals surface area contributed by atoms with Gasteiger partial charge in [0.25, 0.3) is 0 Å². The van der Waals surface area contributed by atoms with E-state index in [0.717, 1.165) is 100.0 Å². The fourth-order valence-electron chi connectivity index (χ4n) is 10.3. The summed E-state index contributed by atoms with van der Waals surface area (Å²) in [6.45, 7) is 0. The summed E-state index contributed by atoms with van der Waals surface area (Å²) in [5.41, 5.74) is 15.3. The number of pyridine rings is 1. The van der Waals surface area contributed by atoms with E-state index in [9.17, 15) is 0 Å². The summed E-state index contributed by atoms with van der Waals surface area (Å²) < 4.78 is 6.85. The van der Waals surface area contributed by atoms with E-state index in [4.69, 9.17) is 19.9 Å². The Kier molecular flexibility index (Phi) is 8.72. The summed E-state index contributed by atoms with van der Waals surface area (Å²) in [6, 6.07) is 74.4. The van der Waals surface area contributed by atoms with Gasteiger partial charge < -0.3 is 9.13 Å². The Bertz CT molecular complexity index is 4250. The average Bonchev–Trinajstić information content (AvgIpc) is 4.06. The molecule has 0 amide bonds. The van der Waals surface area contributed by atoms with E-state index in [1.165, 1.54) is 16.2 Å². The van der Waals surface area contributed by atoms with E-state index in [1.54, 1.807) is 0 Å². The maximum absolute atomic E-state index is 5.24. The van der Waals surface area contributed by atoms with Crippen LogP contribution in [0.5, 0.6) is 0 Å². The van der Waals surface area contributed by atoms with Gasteiger partial charge >= 0.3 is 0 Å². The van der Waals surface area contributed by atoms with Crippen LogP contribution < -0.4 is 0 Å².